The van der Waals surface area contributed by atoms with Gasteiger partial charge in [-0.1, -0.05) is 11.6 Å². The van der Waals surface area contributed by atoms with Crippen molar-refractivity contribution < 1.29 is 23.9 Å². The van der Waals surface area contributed by atoms with E-state index in [1.165, 1.54) is 24.8 Å². The number of rotatable bonds is 5. The molecule has 0 aliphatic carbocycles. The molecule has 1 aliphatic heterocycles. The van der Waals surface area contributed by atoms with Crippen LogP contribution in [-0.4, -0.2) is 36.2 Å². The predicted molar refractivity (Wildman–Crippen MR) is 112 cm³/mol. The fraction of sp³-hybridized carbons (Fsp3) is 0.250. The molecule has 0 fully saturated rings. The average Bonchev–Trinajstić information content (AvgIpc) is 2.69. The Labute approximate surface area is 177 Å². The fourth-order valence-corrected chi connectivity index (χ4v) is 3.35. The van der Waals surface area contributed by atoms with Gasteiger partial charge in [-0.05, 0) is 50.4 Å². The van der Waals surface area contributed by atoms with Crippen molar-refractivity contribution in [3.8, 4) is 5.75 Å². The average molecular weight is 435 g/mol. The Morgan fingerprint density at radius 3 is 2.72 bits per heavy atom. The van der Waals surface area contributed by atoms with Crippen LogP contribution in [0.4, 0.5) is 11.4 Å². The maximum atomic E-state index is 12.7. The number of hydrogen-bond donors (Lipinski definition) is 2. The molecule has 0 saturated heterocycles. The number of carbonyl (C=O) groups excluding carboxylic acids is 3. The Bertz CT molecular complexity index is 997. The highest BCUT2D eigenvalue weighted by Gasteiger charge is 2.48. The lowest BCUT2D eigenvalue weighted by Gasteiger charge is -2.32. The summed E-state index contributed by atoms with van der Waals surface area (Å²) in [6.07, 6.45) is 1.90. The van der Waals surface area contributed by atoms with Crippen LogP contribution in [0.15, 0.2) is 41.3 Å². The Balaban J connectivity index is 1.85. The topological polar surface area (TPSA) is 93.7 Å². The zero-order chi connectivity index (χ0) is 21.2. The summed E-state index contributed by atoms with van der Waals surface area (Å²) >= 11 is 7.65. The number of nitrogens with one attached hydrogen (secondary N) is 2. The molecule has 0 saturated carbocycles. The number of anilines is 2. The molecule has 1 atom stereocenters. The van der Waals surface area contributed by atoms with Crippen molar-refractivity contribution in [1.82, 2.24) is 0 Å². The largest absolute Gasteiger partial charge is 0.464 e. The van der Waals surface area contributed by atoms with E-state index in [0.717, 1.165) is 4.90 Å². The molecule has 0 aromatic heterocycles. The second kappa shape index (κ2) is 8.34. The van der Waals surface area contributed by atoms with Crippen LogP contribution < -0.4 is 15.4 Å². The van der Waals surface area contributed by atoms with Crippen LogP contribution in [0.1, 0.15) is 24.2 Å². The first-order chi connectivity index (χ1) is 13.8. The summed E-state index contributed by atoms with van der Waals surface area (Å²) in [6, 6.07) is 9.91. The van der Waals surface area contributed by atoms with E-state index in [4.69, 9.17) is 21.1 Å². The highest BCUT2D eigenvalue weighted by molar-refractivity contribution is 7.98. The maximum Gasteiger partial charge on any atom is 0.360 e. The van der Waals surface area contributed by atoms with Gasteiger partial charge in [0.2, 0.25) is 0 Å². The van der Waals surface area contributed by atoms with Crippen LogP contribution in [0.25, 0.3) is 0 Å². The summed E-state index contributed by atoms with van der Waals surface area (Å²) in [5, 5.41) is 5.71. The minimum Gasteiger partial charge on any atom is -0.464 e. The van der Waals surface area contributed by atoms with Gasteiger partial charge in [-0.2, -0.15) is 0 Å². The lowest BCUT2D eigenvalue weighted by Crippen LogP contribution is -2.55. The van der Waals surface area contributed by atoms with Gasteiger partial charge in [0, 0.05) is 16.6 Å². The van der Waals surface area contributed by atoms with Crippen LogP contribution in [0.5, 0.6) is 5.75 Å². The molecule has 3 rings (SSSR count). The molecule has 2 amide bonds. The molecule has 152 valence electrons. The van der Waals surface area contributed by atoms with Gasteiger partial charge < -0.3 is 20.1 Å². The number of hydrogen-bond acceptors (Lipinski definition) is 6. The molecular weight excluding hydrogens is 416 g/mol. The zero-order valence-electron chi connectivity index (χ0n) is 16.0. The number of amides is 2. The SMILES string of the molecule is CCOC(=O)C1(C)Oc2cc(NC(=O)c3cc(SC)ccc3Cl)ccc2NC1=O. The third-order valence-electron chi connectivity index (χ3n) is 4.32. The summed E-state index contributed by atoms with van der Waals surface area (Å²) in [5.74, 6) is -1.57. The standard InChI is InChI=1S/C20H19ClN2O5S/c1-4-27-19(26)20(2)18(25)23-15-8-5-11(9-16(15)28-20)22-17(24)13-10-12(29-3)6-7-14(13)21/h5-10H,4H2,1-3H3,(H,22,24)(H,23,25). The van der Waals surface area contributed by atoms with Crippen molar-refractivity contribution in [3.05, 3.63) is 47.0 Å². The molecule has 1 heterocycles. The van der Waals surface area contributed by atoms with Crippen LogP contribution in [0.3, 0.4) is 0 Å². The summed E-state index contributed by atoms with van der Waals surface area (Å²) in [4.78, 5) is 38.1. The molecule has 2 N–H and O–H groups in total. The van der Waals surface area contributed by atoms with Crippen LogP contribution >= 0.6 is 23.4 Å². The number of thioether (sulfide) groups is 1. The first-order valence-corrected chi connectivity index (χ1v) is 10.4. The third-order valence-corrected chi connectivity index (χ3v) is 5.37. The van der Waals surface area contributed by atoms with Crippen molar-refractivity contribution in [2.75, 3.05) is 23.5 Å². The van der Waals surface area contributed by atoms with Crippen molar-refractivity contribution in [1.29, 1.82) is 0 Å². The second-order valence-corrected chi connectivity index (χ2v) is 7.61. The van der Waals surface area contributed by atoms with E-state index < -0.39 is 17.5 Å². The van der Waals surface area contributed by atoms with Gasteiger partial charge in [0.1, 0.15) is 5.75 Å². The minimum atomic E-state index is -1.82. The smallest absolute Gasteiger partial charge is 0.360 e. The van der Waals surface area contributed by atoms with Crippen LogP contribution in [0, 0.1) is 0 Å². The van der Waals surface area contributed by atoms with Crippen LogP contribution in [0.2, 0.25) is 5.02 Å². The van der Waals surface area contributed by atoms with E-state index >= 15 is 0 Å². The zero-order valence-corrected chi connectivity index (χ0v) is 17.6. The molecule has 29 heavy (non-hydrogen) atoms. The fourth-order valence-electron chi connectivity index (χ4n) is 2.70. The van der Waals surface area contributed by atoms with Gasteiger partial charge in [-0.25, -0.2) is 4.79 Å². The second-order valence-electron chi connectivity index (χ2n) is 6.32. The molecule has 7 nitrogen and oxygen atoms in total. The quantitative estimate of drug-likeness (QED) is 0.420. The first kappa shape index (κ1) is 21.0. The van der Waals surface area contributed by atoms with Gasteiger partial charge in [-0.3, -0.25) is 9.59 Å². The van der Waals surface area contributed by atoms with E-state index in [1.807, 2.05) is 12.3 Å². The summed E-state index contributed by atoms with van der Waals surface area (Å²) in [7, 11) is 0. The van der Waals surface area contributed by atoms with Crippen molar-refractivity contribution >= 4 is 52.5 Å². The van der Waals surface area contributed by atoms with E-state index in [2.05, 4.69) is 10.6 Å². The molecule has 1 unspecified atom stereocenters. The lowest BCUT2D eigenvalue weighted by molar-refractivity contribution is -0.165. The molecule has 2 aromatic rings. The van der Waals surface area contributed by atoms with Crippen molar-refractivity contribution in [2.24, 2.45) is 0 Å². The number of benzene rings is 2. The van der Waals surface area contributed by atoms with Gasteiger partial charge in [0.25, 0.3) is 17.4 Å². The number of ether oxygens (including phenoxy) is 2. The molecule has 9 heteroatoms. The Morgan fingerprint density at radius 2 is 2.03 bits per heavy atom. The van der Waals surface area contributed by atoms with E-state index in [0.29, 0.717) is 22.0 Å². The number of halogens is 1. The molecule has 0 bridgehead atoms. The minimum absolute atomic E-state index is 0.115. The highest BCUT2D eigenvalue weighted by atomic mass is 35.5. The molecule has 1 aliphatic rings. The molecule has 0 spiro atoms. The summed E-state index contributed by atoms with van der Waals surface area (Å²) < 4.78 is 10.6. The normalized spacial score (nSPS) is 17.6. The van der Waals surface area contributed by atoms with Crippen molar-refractivity contribution in [3.63, 3.8) is 0 Å². The Hall–Kier alpha value is -2.71. The highest BCUT2D eigenvalue weighted by Crippen LogP contribution is 2.36. The number of esters is 1. The molecule has 2 aromatic carbocycles. The third kappa shape index (κ3) is 4.18. The monoisotopic (exact) mass is 434 g/mol. The Morgan fingerprint density at radius 1 is 1.28 bits per heavy atom. The molecule has 0 radical (unpaired) electrons. The first-order valence-electron chi connectivity index (χ1n) is 8.75. The van der Waals surface area contributed by atoms with Gasteiger partial charge in [-0.15, -0.1) is 11.8 Å². The van der Waals surface area contributed by atoms with Gasteiger partial charge in [0.05, 0.1) is 22.9 Å². The lowest BCUT2D eigenvalue weighted by atomic mass is 10.0. The van der Waals surface area contributed by atoms with E-state index in [-0.39, 0.29) is 18.3 Å². The van der Waals surface area contributed by atoms with Gasteiger partial charge >= 0.3 is 5.97 Å². The summed E-state index contributed by atoms with van der Waals surface area (Å²) in [6.45, 7) is 3.09. The van der Waals surface area contributed by atoms with Crippen LogP contribution in [-0.2, 0) is 14.3 Å². The van der Waals surface area contributed by atoms with Crippen molar-refractivity contribution in [2.45, 2.75) is 24.3 Å². The van der Waals surface area contributed by atoms with Gasteiger partial charge in [0.15, 0.2) is 0 Å². The number of fused-ring (bicyclic) bond motifs is 1. The number of carbonyl (C=O) groups is 3. The Kier molecular flexibility index (Phi) is 6.04. The van der Waals surface area contributed by atoms with E-state index in [1.54, 1.807) is 31.2 Å². The van der Waals surface area contributed by atoms with E-state index in [9.17, 15) is 14.4 Å². The molecular formula is C20H19ClN2O5S. The predicted octanol–water partition coefficient (Wildman–Crippen LogP) is 3.97. The maximum absolute atomic E-state index is 12.7. The summed E-state index contributed by atoms with van der Waals surface area (Å²) in [5.41, 5.74) is -0.678.